The van der Waals surface area contributed by atoms with Crippen LogP contribution in [0.3, 0.4) is 0 Å². The van der Waals surface area contributed by atoms with Gasteiger partial charge >= 0.3 is 0 Å². The van der Waals surface area contributed by atoms with Crippen LogP contribution in [0.25, 0.3) is 16.9 Å². The van der Waals surface area contributed by atoms with Crippen LogP contribution in [0.5, 0.6) is 0 Å². The van der Waals surface area contributed by atoms with Crippen LogP contribution in [0.4, 0.5) is 0 Å². The largest absolute Gasteiger partial charge is 0.397 e. The van der Waals surface area contributed by atoms with Crippen LogP contribution in [0.15, 0.2) is 23.0 Å². The molecule has 7 heteroatoms. The van der Waals surface area contributed by atoms with Crippen LogP contribution in [0.1, 0.15) is 48.7 Å². The molecule has 2 aromatic rings. The maximum Gasteiger partial charge on any atom is 0.255 e. The van der Waals surface area contributed by atoms with Crippen molar-refractivity contribution in [1.82, 2.24) is 20.3 Å². The highest BCUT2D eigenvalue weighted by atomic mass is 16.1. The molecule has 1 amide bonds. The van der Waals surface area contributed by atoms with Crippen molar-refractivity contribution >= 4 is 28.5 Å². The van der Waals surface area contributed by atoms with Gasteiger partial charge < -0.3 is 16.0 Å². The van der Waals surface area contributed by atoms with Crippen molar-refractivity contribution in [3.05, 3.63) is 29.2 Å². The second-order valence-electron chi connectivity index (χ2n) is 5.78. The summed E-state index contributed by atoms with van der Waals surface area (Å²) in [7, 11) is 1.79. The summed E-state index contributed by atoms with van der Waals surface area (Å²) < 4.78 is 0. The van der Waals surface area contributed by atoms with Gasteiger partial charge in [0.1, 0.15) is 11.2 Å². The third kappa shape index (κ3) is 2.89. The van der Waals surface area contributed by atoms with Gasteiger partial charge in [0.25, 0.3) is 5.91 Å². The van der Waals surface area contributed by atoms with E-state index in [1.807, 2.05) is 6.92 Å². The maximum atomic E-state index is 12.1. The molecule has 1 aliphatic carbocycles. The van der Waals surface area contributed by atoms with Gasteiger partial charge in [0.15, 0.2) is 5.65 Å². The Morgan fingerprint density at radius 1 is 1.42 bits per heavy atom. The number of rotatable bonds is 3. The number of carbonyl (C=O) groups is 1. The standard InChI is InChI=1S/C17H22N6O/c1-3-20-17(24)11-8-21-16-15(11)23-13(9-22-16)14(18)10-6-4-5-7-12(10)19-2/h8-9H,3-7,18H2,1-2H3,(H,20,24)(H,21,22). The summed E-state index contributed by atoms with van der Waals surface area (Å²) in [4.78, 5) is 28.4. The minimum absolute atomic E-state index is 0.171. The average Bonchev–Trinajstić information content (AvgIpc) is 3.04. The number of aliphatic imine (C=N–C) groups is 1. The first-order valence-electron chi connectivity index (χ1n) is 8.23. The summed E-state index contributed by atoms with van der Waals surface area (Å²) in [6, 6.07) is 0. The molecule has 1 fully saturated rings. The molecule has 2 heterocycles. The van der Waals surface area contributed by atoms with Crippen LogP contribution in [-0.4, -0.2) is 40.2 Å². The van der Waals surface area contributed by atoms with Crippen molar-refractivity contribution in [1.29, 1.82) is 0 Å². The molecule has 126 valence electrons. The molecule has 24 heavy (non-hydrogen) atoms. The van der Waals surface area contributed by atoms with Gasteiger partial charge in [-0.15, -0.1) is 0 Å². The van der Waals surface area contributed by atoms with E-state index in [1.165, 1.54) is 0 Å². The molecule has 0 unspecified atom stereocenters. The molecule has 0 bridgehead atoms. The number of hydrogen-bond donors (Lipinski definition) is 3. The van der Waals surface area contributed by atoms with Crippen LogP contribution >= 0.6 is 0 Å². The predicted molar refractivity (Wildman–Crippen MR) is 94.8 cm³/mol. The lowest BCUT2D eigenvalue weighted by molar-refractivity contribution is 0.0957. The van der Waals surface area contributed by atoms with Gasteiger partial charge in [-0.05, 0) is 38.2 Å². The Morgan fingerprint density at radius 3 is 2.96 bits per heavy atom. The van der Waals surface area contributed by atoms with E-state index < -0.39 is 0 Å². The molecule has 2 aromatic heterocycles. The lowest BCUT2D eigenvalue weighted by Gasteiger charge is -2.19. The predicted octanol–water partition coefficient (Wildman–Crippen LogP) is 2.02. The van der Waals surface area contributed by atoms with Crippen molar-refractivity contribution in [2.24, 2.45) is 10.7 Å². The molecule has 1 aliphatic rings. The molecular weight excluding hydrogens is 304 g/mol. The van der Waals surface area contributed by atoms with Gasteiger partial charge in [0, 0.05) is 25.5 Å². The monoisotopic (exact) mass is 326 g/mol. The fraction of sp³-hybridized carbons (Fsp3) is 0.412. The summed E-state index contributed by atoms with van der Waals surface area (Å²) in [5.74, 6) is -0.171. The Kier molecular flexibility index (Phi) is 4.59. The number of allylic oxidation sites excluding steroid dienone is 1. The summed E-state index contributed by atoms with van der Waals surface area (Å²) in [6.07, 6.45) is 7.34. The SMILES string of the molecule is CCNC(=O)c1c[nH]c2ncc(C(N)=C3CCCCC3=NC)nc12. The second kappa shape index (κ2) is 6.82. The summed E-state index contributed by atoms with van der Waals surface area (Å²) in [6.45, 7) is 2.43. The fourth-order valence-electron chi connectivity index (χ4n) is 3.03. The van der Waals surface area contributed by atoms with Crippen molar-refractivity contribution in [2.45, 2.75) is 32.6 Å². The number of aromatic nitrogens is 3. The first-order valence-corrected chi connectivity index (χ1v) is 8.23. The number of nitrogens with zero attached hydrogens (tertiary/aromatic N) is 3. The van der Waals surface area contributed by atoms with Crippen molar-refractivity contribution in [3.63, 3.8) is 0 Å². The Hall–Kier alpha value is -2.70. The fourth-order valence-corrected chi connectivity index (χ4v) is 3.03. The summed E-state index contributed by atoms with van der Waals surface area (Å²) in [5.41, 5.74) is 11.2. The maximum absolute atomic E-state index is 12.1. The molecule has 0 radical (unpaired) electrons. The number of fused-ring (bicyclic) bond motifs is 1. The Bertz CT molecular complexity index is 833. The first-order chi connectivity index (χ1) is 11.7. The van der Waals surface area contributed by atoms with Gasteiger partial charge in [-0.3, -0.25) is 9.79 Å². The normalized spacial score (nSPS) is 18.8. The quantitative estimate of drug-likeness (QED) is 0.801. The number of H-pyrrole nitrogens is 1. The average molecular weight is 326 g/mol. The van der Waals surface area contributed by atoms with E-state index in [0.29, 0.717) is 34.7 Å². The van der Waals surface area contributed by atoms with Crippen molar-refractivity contribution < 1.29 is 4.79 Å². The minimum atomic E-state index is -0.171. The summed E-state index contributed by atoms with van der Waals surface area (Å²) in [5, 5.41) is 2.78. The molecule has 4 N–H and O–H groups in total. The zero-order valence-corrected chi connectivity index (χ0v) is 14.0. The van der Waals surface area contributed by atoms with Crippen LogP contribution in [0, 0.1) is 0 Å². The third-order valence-electron chi connectivity index (χ3n) is 4.27. The highest BCUT2D eigenvalue weighted by Gasteiger charge is 2.19. The molecule has 3 rings (SSSR count). The number of aromatic amines is 1. The van der Waals surface area contributed by atoms with Crippen molar-refractivity contribution in [3.8, 4) is 0 Å². The topological polar surface area (TPSA) is 109 Å². The molecule has 0 atom stereocenters. The molecule has 0 spiro atoms. The molecule has 0 aromatic carbocycles. The molecule has 0 saturated heterocycles. The van der Waals surface area contributed by atoms with E-state index in [1.54, 1.807) is 19.4 Å². The van der Waals surface area contributed by atoms with Crippen LogP contribution in [-0.2, 0) is 0 Å². The first kappa shape index (κ1) is 16.2. The van der Waals surface area contributed by atoms with E-state index in [2.05, 4.69) is 25.3 Å². The highest BCUT2D eigenvalue weighted by Crippen LogP contribution is 2.26. The van der Waals surface area contributed by atoms with E-state index in [9.17, 15) is 4.79 Å². The Balaban J connectivity index is 2.07. The van der Waals surface area contributed by atoms with E-state index in [0.717, 1.165) is 37.0 Å². The molecule has 0 aliphatic heterocycles. The Morgan fingerprint density at radius 2 is 2.21 bits per heavy atom. The zero-order chi connectivity index (χ0) is 17.1. The lowest BCUT2D eigenvalue weighted by atomic mass is 9.90. The smallest absolute Gasteiger partial charge is 0.255 e. The second-order valence-corrected chi connectivity index (χ2v) is 5.78. The van der Waals surface area contributed by atoms with Crippen molar-refractivity contribution in [2.75, 3.05) is 13.6 Å². The van der Waals surface area contributed by atoms with Crippen LogP contribution < -0.4 is 11.1 Å². The van der Waals surface area contributed by atoms with Gasteiger partial charge in [-0.25, -0.2) is 9.97 Å². The number of amides is 1. The van der Waals surface area contributed by atoms with E-state index >= 15 is 0 Å². The Labute approximate surface area is 140 Å². The van der Waals surface area contributed by atoms with Gasteiger partial charge in [-0.1, -0.05) is 0 Å². The van der Waals surface area contributed by atoms with E-state index in [4.69, 9.17) is 5.73 Å². The minimum Gasteiger partial charge on any atom is -0.397 e. The van der Waals surface area contributed by atoms with Gasteiger partial charge in [0.2, 0.25) is 0 Å². The molecular formula is C17H22N6O. The number of hydrogen-bond acceptors (Lipinski definition) is 5. The number of carbonyl (C=O) groups excluding carboxylic acids is 1. The van der Waals surface area contributed by atoms with Gasteiger partial charge in [0.05, 0.1) is 17.5 Å². The van der Waals surface area contributed by atoms with Gasteiger partial charge in [-0.2, -0.15) is 0 Å². The third-order valence-corrected chi connectivity index (χ3v) is 4.27. The summed E-state index contributed by atoms with van der Waals surface area (Å²) >= 11 is 0. The lowest BCUT2D eigenvalue weighted by Crippen LogP contribution is -2.22. The molecule has 1 saturated carbocycles. The van der Waals surface area contributed by atoms with E-state index in [-0.39, 0.29) is 5.91 Å². The number of nitrogens with one attached hydrogen (secondary N) is 2. The van der Waals surface area contributed by atoms with Crippen LogP contribution in [0.2, 0.25) is 0 Å². The zero-order valence-electron chi connectivity index (χ0n) is 14.0. The number of nitrogens with two attached hydrogens (primary N) is 1. The molecule has 7 nitrogen and oxygen atoms in total. The highest BCUT2D eigenvalue weighted by molar-refractivity contribution is 6.07.